The molecule has 0 atom stereocenters. The van der Waals surface area contributed by atoms with E-state index in [4.69, 9.17) is 5.10 Å². The quantitative estimate of drug-likeness (QED) is 0.388. The minimum absolute atomic E-state index is 0.685. The highest BCUT2D eigenvalue weighted by Gasteiger charge is 2.12. The van der Waals surface area contributed by atoms with Gasteiger partial charge in [-0.3, -0.25) is 0 Å². The van der Waals surface area contributed by atoms with Crippen molar-refractivity contribution in [2.24, 2.45) is 5.10 Å². The molecule has 150 valence electrons. The average Bonchev–Trinajstić information content (AvgIpc) is 3.46. The van der Waals surface area contributed by atoms with Crippen LogP contribution in [0.4, 0.5) is 0 Å². The van der Waals surface area contributed by atoms with Gasteiger partial charge in [0, 0.05) is 22.9 Å². The summed E-state index contributed by atoms with van der Waals surface area (Å²) in [6, 6.07) is 28.3. The lowest BCUT2D eigenvalue weighted by atomic mass is 10.1. The fourth-order valence-corrected chi connectivity index (χ4v) is 3.43. The van der Waals surface area contributed by atoms with Gasteiger partial charge in [-0.05, 0) is 25.1 Å². The van der Waals surface area contributed by atoms with E-state index in [9.17, 15) is 0 Å². The Labute approximate surface area is 180 Å². The SMILES string of the molecule is Cc1cccc(-c2nn(-c3ccccc3)cc2/C=N\n2cnnc2-c2ccccc2)c1. The van der Waals surface area contributed by atoms with E-state index >= 15 is 0 Å². The molecule has 2 heterocycles. The van der Waals surface area contributed by atoms with Crippen molar-refractivity contribution in [1.29, 1.82) is 0 Å². The molecule has 0 aliphatic heterocycles. The average molecular weight is 404 g/mol. The van der Waals surface area contributed by atoms with E-state index in [-0.39, 0.29) is 0 Å². The summed E-state index contributed by atoms with van der Waals surface area (Å²) in [7, 11) is 0. The monoisotopic (exact) mass is 404 g/mol. The number of aromatic nitrogens is 5. The molecule has 0 spiro atoms. The Kier molecular flexibility index (Phi) is 4.94. The van der Waals surface area contributed by atoms with E-state index in [0.29, 0.717) is 5.82 Å². The van der Waals surface area contributed by atoms with Crippen LogP contribution in [0.2, 0.25) is 0 Å². The van der Waals surface area contributed by atoms with E-state index in [0.717, 1.165) is 28.1 Å². The molecule has 0 radical (unpaired) electrons. The van der Waals surface area contributed by atoms with Crippen LogP contribution in [0.5, 0.6) is 0 Å². The zero-order chi connectivity index (χ0) is 21.0. The maximum Gasteiger partial charge on any atom is 0.184 e. The third-order valence-electron chi connectivity index (χ3n) is 4.94. The van der Waals surface area contributed by atoms with Crippen LogP contribution < -0.4 is 0 Å². The zero-order valence-corrected chi connectivity index (χ0v) is 17.0. The molecule has 5 aromatic rings. The van der Waals surface area contributed by atoms with Gasteiger partial charge in [0.15, 0.2) is 5.82 Å². The number of benzene rings is 3. The Morgan fingerprint density at radius 1 is 0.839 bits per heavy atom. The Bertz CT molecular complexity index is 1330. The molecule has 0 bridgehead atoms. The number of nitrogens with zero attached hydrogens (tertiary/aromatic N) is 6. The van der Waals surface area contributed by atoms with Crippen molar-refractivity contribution in [1.82, 2.24) is 24.7 Å². The Balaban J connectivity index is 1.58. The molecule has 0 saturated carbocycles. The Hall–Kier alpha value is -4.32. The molecule has 3 aromatic carbocycles. The normalized spacial score (nSPS) is 11.3. The number of rotatable bonds is 5. The Morgan fingerprint density at radius 3 is 2.35 bits per heavy atom. The van der Waals surface area contributed by atoms with Crippen molar-refractivity contribution in [3.05, 3.63) is 109 Å². The van der Waals surface area contributed by atoms with Gasteiger partial charge < -0.3 is 0 Å². The molecule has 0 N–H and O–H groups in total. The van der Waals surface area contributed by atoms with Crippen LogP contribution in [0.25, 0.3) is 28.3 Å². The molecule has 0 saturated heterocycles. The van der Waals surface area contributed by atoms with Crippen LogP contribution in [0.15, 0.2) is 103 Å². The van der Waals surface area contributed by atoms with Crippen molar-refractivity contribution >= 4 is 6.21 Å². The maximum atomic E-state index is 4.86. The molecule has 5 rings (SSSR count). The summed E-state index contributed by atoms with van der Waals surface area (Å²) >= 11 is 0. The van der Waals surface area contributed by atoms with E-state index < -0.39 is 0 Å². The van der Waals surface area contributed by atoms with Crippen LogP contribution >= 0.6 is 0 Å². The molecule has 31 heavy (non-hydrogen) atoms. The smallest absolute Gasteiger partial charge is 0.184 e. The molecule has 6 nitrogen and oxygen atoms in total. The summed E-state index contributed by atoms with van der Waals surface area (Å²) in [5.74, 6) is 0.685. The van der Waals surface area contributed by atoms with E-state index in [2.05, 4.69) is 40.4 Å². The number of aryl methyl sites for hydroxylation is 1. The standard InChI is InChI=1S/C25H20N6/c1-19-9-8-12-21(15-19)24-22(17-30(29-24)23-13-6-3-7-14-23)16-27-31-18-26-28-25(31)20-10-4-2-5-11-20/h2-18H,1H3/b27-16-. The first-order chi connectivity index (χ1) is 15.3. The van der Waals surface area contributed by atoms with Crippen LogP contribution in [-0.4, -0.2) is 30.9 Å². The third-order valence-corrected chi connectivity index (χ3v) is 4.94. The molecule has 2 aromatic heterocycles. The van der Waals surface area contributed by atoms with Gasteiger partial charge in [-0.15, -0.1) is 10.2 Å². The van der Waals surface area contributed by atoms with Crippen LogP contribution in [0.3, 0.4) is 0 Å². The van der Waals surface area contributed by atoms with E-state index in [1.54, 1.807) is 17.2 Å². The second-order valence-electron chi connectivity index (χ2n) is 7.19. The second kappa shape index (κ2) is 8.20. The van der Waals surface area contributed by atoms with E-state index in [1.807, 2.05) is 77.6 Å². The highest BCUT2D eigenvalue weighted by atomic mass is 15.4. The highest BCUT2D eigenvalue weighted by Crippen LogP contribution is 2.24. The molecule has 0 unspecified atom stereocenters. The molecule has 6 heteroatoms. The first kappa shape index (κ1) is 18.7. The predicted molar refractivity (Wildman–Crippen MR) is 122 cm³/mol. The zero-order valence-electron chi connectivity index (χ0n) is 17.0. The summed E-state index contributed by atoms with van der Waals surface area (Å²) in [5.41, 5.74) is 5.94. The number of para-hydroxylation sites is 1. The number of hydrogen-bond acceptors (Lipinski definition) is 4. The van der Waals surface area contributed by atoms with Crippen molar-refractivity contribution in [3.63, 3.8) is 0 Å². The largest absolute Gasteiger partial charge is 0.240 e. The first-order valence-electron chi connectivity index (χ1n) is 10.00. The minimum atomic E-state index is 0.685. The lowest BCUT2D eigenvalue weighted by Gasteiger charge is -2.02. The summed E-state index contributed by atoms with van der Waals surface area (Å²) < 4.78 is 3.55. The third kappa shape index (κ3) is 3.91. The van der Waals surface area contributed by atoms with Gasteiger partial charge in [-0.25, -0.2) is 4.68 Å². The molecular weight excluding hydrogens is 384 g/mol. The summed E-state index contributed by atoms with van der Waals surface area (Å²) in [6.45, 7) is 2.08. The Morgan fingerprint density at radius 2 is 1.58 bits per heavy atom. The topological polar surface area (TPSA) is 60.9 Å². The van der Waals surface area contributed by atoms with Gasteiger partial charge >= 0.3 is 0 Å². The van der Waals surface area contributed by atoms with Crippen LogP contribution in [0.1, 0.15) is 11.1 Å². The predicted octanol–water partition coefficient (Wildman–Crippen LogP) is 4.99. The summed E-state index contributed by atoms with van der Waals surface area (Å²) in [6.07, 6.45) is 5.40. The van der Waals surface area contributed by atoms with Gasteiger partial charge in [0.1, 0.15) is 12.0 Å². The van der Waals surface area contributed by atoms with Gasteiger partial charge in [-0.2, -0.15) is 14.9 Å². The van der Waals surface area contributed by atoms with Crippen molar-refractivity contribution < 1.29 is 0 Å². The van der Waals surface area contributed by atoms with Crippen LogP contribution in [-0.2, 0) is 0 Å². The molecule has 0 aliphatic carbocycles. The molecule has 0 amide bonds. The number of hydrogen-bond donors (Lipinski definition) is 0. The fraction of sp³-hybridized carbons (Fsp3) is 0.0400. The van der Waals surface area contributed by atoms with Crippen molar-refractivity contribution in [2.75, 3.05) is 0 Å². The molecular formula is C25H20N6. The maximum absolute atomic E-state index is 4.86. The van der Waals surface area contributed by atoms with Gasteiger partial charge in [0.25, 0.3) is 0 Å². The minimum Gasteiger partial charge on any atom is -0.240 e. The van der Waals surface area contributed by atoms with Gasteiger partial charge in [0.05, 0.1) is 11.9 Å². The lowest BCUT2D eigenvalue weighted by molar-refractivity contribution is 0.883. The van der Waals surface area contributed by atoms with Crippen LogP contribution in [0, 0.1) is 6.92 Å². The summed E-state index contributed by atoms with van der Waals surface area (Å²) in [4.78, 5) is 0. The lowest BCUT2D eigenvalue weighted by Crippen LogP contribution is -1.94. The molecule has 0 fully saturated rings. The first-order valence-corrected chi connectivity index (χ1v) is 10.00. The van der Waals surface area contributed by atoms with Gasteiger partial charge in [-0.1, -0.05) is 72.3 Å². The second-order valence-corrected chi connectivity index (χ2v) is 7.19. The highest BCUT2D eigenvalue weighted by molar-refractivity contribution is 5.89. The van der Waals surface area contributed by atoms with Crippen molar-refractivity contribution in [3.8, 4) is 28.3 Å². The van der Waals surface area contributed by atoms with Gasteiger partial charge in [0.2, 0.25) is 0 Å². The summed E-state index contributed by atoms with van der Waals surface area (Å²) in [5, 5.41) is 17.8. The van der Waals surface area contributed by atoms with E-state index in [1.165, 1.54) is 5.56 Å². The fourth-order valence-electron chi connectivity index (χ4n) is 3.43. The van der Waals surface area contributed by atoms with Crippen molar-refractivity contribution in [2.45, 2.75) is 6.92 Å². The molecule has 0 aliphatic rings.